The second-order valence-corrected chi connectivity index (χ2v) is 4.49. The zero-order valence-corrected chi connectivity index (χ0v) is 13.0. The number of benzene rings is 1. The zero-order valence-electron chi connectivity index (χ0n) is 12.2. The Morgan fingerprint density at radius 1 is 1.05 bits per heavy atom. The van der Waals surface area contributed by atoms with Crippen LogP contribution < -0.4 is 5.73 Å². The smallest absolute Gasteiger partial charge is 0.123 e. The summed E-state index contributed by atoms with van der Waals surface area (Å²) in [4.78, 5) is 2.68. The van der Waals surface area contributed by atoms with Gasteiger partial charge in [-0.25, -0.2) is 0 Å². The summed E-state index contributed by atoms with van der Waals surface area (Å²) in [5, 5.41) is 18.5. The molecule has 1 heterocycles. The third-order valence-electron chi connectivity index (χ3n) is 2.81. The van der Waals surface area contributed by atoms with Crippen LogP contribution in [0.5, 0.6) is 0 Å². The maximum atomic E-state index is 9.24. The van der Waals surface area contributed by atoms with E-state index in [1.807, 2.05) is 57.2 Å². The molecule has 0 atom stereocenters. The normalized spacial score (nSPS) is 9.00. The predicted molar refractivity (Wildman–Crippen MR) is 87.0 cm³/mol. The maximum absolute atomic E-state index is 9.24. The number of aromatic nitrogens is 1. The van der Waals surface area contributed by atoms with E-state index in [-0.39, 0.29) is 21.6 Å². The van der Waals surface area contributed by atoms with Crippen molar-refractivity contribution in [2.24, 2.45) is 0 Å². The van der Waals surface area contributed by atoms with Crippen LogP contribution in [0, 0.1) is 34.2 Å². The molecule has 0 bridgehead atoms. The second kappa shape index (κ2) is 7.23. The lowest BCUT2D eigenvalue weighted by Gasteiger charge is -2.09. The van der Waals surface area contributed by atoms with Crippen molar-refractivity contribution in [1.29, 1.82) is 10.5 Å². The van der Waals surface area contributed by atoms with Gasteiger partial charge in [0.1, 0.15) is 28.2 Å². The molecular weight excluding hydrogens is 280 g/mol. The number of nitrogens with two attached hydrogens (primary N) is 1. The van der Waals surface area contributed by atoms with E-state index < -0.39 is 0 Å². The molecular formula is C16H16N4S. The fourth-order valence-electron chi connectivity index (χ4n) is 1.85. The highest BCUT2D eigenvalue weighted by molar-refractivity contribution is 7.71. The van der Waals surface area contributed by atoms with Crippen LogP contribution in [0.25, 0.3) is 11.1 Å². The van der Waals surface area contributed by atoms with Gasteiger partial charge in [-0.15, -0.1) is 0 Å². The van der Waals surface area contributed by atoms with Gasteiger partial charge >= 0.3 is 0 Å². The number of nitrogens with zero attached hydrogens (tertiary/aromatic N) is 2. The van der Waals surface area contributed by atoms with Crippen molar-refractivity contribution < 1.29 is 0 Å². The van der Waals surface area contributed by atoms with Crippen LogP contribution in [-0.2, 0) is 0 Å². The molecule has 1 aromatic heterocycles. The first kappa shape index (κ1) is 16.4. The molecule has 2 aromatic rings. The average Bonchev–Trinajstić information content (AvgIpc) is 2.49. The first-order valence-electron chi connectivity index (χ1n) is 6.51. The Hall–Kier alpha value is -2.63. The number of H-pyrrole nitrogens is 1. The number of nitrogens with one attached hydrogen (secondary N) is 1. The minimum absolute atomic E-state index is 0.182. The molecule has 0 aliphatic heterocycles. The Bertz CT molecular complexity index is 774. The number of anilines is 1. The first-order valence-corrected chi connectivity index (χ1v) is 6.92. The molecule has 3 N–H and O–H groups in total. The summed E-state index contributed by atoms with van der Waals surface area (Å²) < 4.78 is 0.245. The number of hydrogen-bond acceptors (Lipinski definition) is 4. The van der Waals surface area contributed by atoms with Crippen molar-refractivity contribution in [3.05, 3.63) is 45.6 Å². The van der Waals surface area contributed by atoms with Crippen molar-refractivity contribution >= 4 is 18.0 Å². The van der Waals surface area contributed by atoms with E-state index in [4.69, 9.17) is 18.0 Å². The summed E-state index contributed by atoms with van der Waals surface area (Å²) >= 11 is 5.09. The Morgan fingerprint density at radius 2 is 1.57 bits per heavy atom. The SMILES string of the molecule is CC.Cc1ccc(-c2c(C#N)c(N)[nH]c(=S)c2C#N)cc1. The third kappa shape index (κ3) is 3.28. The number of nitrogen functional groups attached to an aromatic ring is 1. The van der Waals surface area contributed by atoms with Gasteiger partial charge in [-0.3, -0.25) is 0 Å². The van der Waals surface area contributed by atoms with Gasteiger partial charge in [0, 0.05) is 5.56 Å². The monoisotopic (exact) mass is 296 g/mol. The molecule has 2 rings (SSSR count). The maximum Gasteiger partial charge on any atom is 0.123 e. The van der Waals surface area contributed by atoms with E-state index in [1.165, 1.54) is 0 Å². The molecule has 0 saturated carbocycles. The minimum atomic E-state index is 0.182. The van der Waals surface area contributed by atoms with Gasteiger partial charge in [0.2, 0.25) is 0 Å². The van der Waals surface area contributed by atoms with Crippen LogP contribution in [0.1, 0.15) is 30.5 Å². The van der Waals surface area contributed by atoms with Crippen molar-refractivity contribution in [3.8, 4) is 23.3 Å². The Kier molecular flexibility index (Phi) is 5.66. The molecule has 0 radical (unpaired) electrons. The van der Waals surface area contributed by atoms with E-state index in [9.17, 15) is 10.5 Å². The van der Waals surface area contributed by atoms with E-state index in [2.05, 4.69) is 4.98 Å². The van der Waals surface area contributed by atoms with Gasteiger partial charge in [-0.2, -0.15) is 10.5 Å². The first-order chi connectivity index (χ1) is 10.1. The summed E-state index contributed by atoms with van der Waals surface area (Å²) in [6.07, 6.45) is 0. The van der Waals surface area contributed by atoms with Crippen LogP contribution >= 0.6 is 12.2 Å². The Morgan fingerprint density at radius 3 is 2.05 bits per heavy atom. The van der Waals surface area contributed by atoms with E-state index in [0.717, 1.165) is 11.1 Å². The number of hydrogen-bond donors (Lipinski definition) is 2. The average molecular weight is 296 g/mol. The van der Waals surface area contributed by atoms with Gasteiger partial charge in [-0.1, -0.05) is 55.9 Å². The number of aryl methyl sites for hydroxylation is 1. The van der Waals surface area contributed by atoms with Crippen molar-refractivity contribution in [1.82, 2.24) is 4.98 Å². The van der Waals surface area contributed by atoms with Crippen molar-refractivity contribution in [3.63, 3.8) is 0 Å². The lowest BCUT2D eigenvalue weighted by Crippen LogP contribution is -2.01. The summed E-state index contributed by atoms with van der Waals surface area (Å²) in [5.41, 5.74) is 8.62. The molecule has 0 spiro atoms. The quantitative estimate of drug-likeness (QED) is 0.776. The summed E-state index contributed by atoms with van der Waals surface area (Å²) in [6, 6.07) is 11.6. The molecule has 0 amide bonds. The molecule has 0 fully saturated rings. The molecule has 21 heavy (non-hydrogen) atoms. The topological polar surface area (TPSA) is 89.4 Å². The lowest BCUT2D eigenvalue weighted by molar-refractivity contribution is 1.26. The van der Waals surface area contributed by atoms with Crippen LogP contribution in [0.3, 0.4) is 0 Å². The number of nitriles is 2. The van der Waals surface area contributed by atoms with Gasteiger partial charge in [-0.05, 0) is 12.5 Å². The largest absolute Gasteiger partial charge is 0.384 e. The highest BCUT2D eigenvalue weighted by Crippen LogP contribution is 2.30. The standard InChI is InChI=1S/C14H10N4S.C2H6/c1-8-2-4-9(5-3-8)12-10(6-15)13(17)18-14(19)11(12)7-16;1-2/h2-5H,1H3,(H3,17,18,19);1-2H3. The van der Waals surface area contributed by atoms with Crippen LogP contribution in [0.4, 0.5) is 5.82 Å². The molecule has 0 aliphatic rings. The predicted octanol–water partition coefficient (Wildman–Crippen LogP) is 4.07. The van der Waals surface area contributed by atoms with Crippen LogP contribution in [-0.4, -0.2) is 4.98 Å². The minimum Gasteiger partial charge on any atom is -0.384 e. The second-order valence-electron chi connectivity index (χ2n) is 4.08. The van der Waals surface area contributed by atoms with Crippen LogP contribution in [0.15, 0.2) is 24.3 Å². The highest BCUT2D eigenvalue weighted by Gasteiger charge is 2.16. The molecule has 0 saturated heterocycles. The van der Waals surface area contributed by atoms with Gasteiger partial charge in [0.15, 0.2) is 0 Å². The number of rotatable bonds is 1. The van der Waals surface area contributed by atoms with E-state index in [1.54, 1.807) is 0 Å². The molecule has 0 unspecified atom stereocenters. The lowest BCUT2D eigenvalue weighted by atomic mass is 9.96. The Balaban J connectivity index is 0.00000106. The zero-order chi connectivity index (χ0) is 16.0. The van der Waals surface area contributed by atoms with Gasteiger partial charge < -0.3 is 10.7 Å². The van der Waals surface area contributed by atoms with Crippen molar-refractivity contribution in [2.75, 3.05) is 5.73 Å². The van der Waals surface area contributed by atoms with Gasteiger partial charge in [0.25, 0.3) is 0 Å². The van der Waals surface area contributed by atoms with Crippen LogP contribution in [0.2, 0.25) is 0 Å². The molecule has 1 aromatic carbocycles. The molecule has 106 valence electrons. The summed E-state index contributed by atoms with van der Waals surface area (Å²) in [7, 11) is 0. The Labute approximate surface area is 129 Å². The molecule has 5 heteroatoms. The molecule has 0 aliphatic carbocycles. The third-order valence-corrected chi connectivity index (χ3v) is 3.11. The summed E-state index contributed by atoms with van der Waals surface area (Å²) in [5.74, 6) is 0.182. The number of aromatic amines is 1. The molecule has 4 nitrogen and oxygen atoms in total. The number of pyridine rings is 1. The van der Waals surface area contributed by atoms with E-state index in [0.29, 0.717) is 5.56 Å². The van der Waals surface area contributed by atoms with Crippen molar-refractivity contribution in [2.45, 2.75) is 20.8 Å². The highest BCUT2D eigenvalue weighted by atomic mass is 32.1. The van der Waals surface area contributed by atoms with E-state index >= 15 is 0 Å². The fourth-order valence-corrected chi connectivity index (χ4v) is 2.11. The van der Waals surface area contributed by atoms with Gasteiger partial charge in [0.05, 0.1) is 5.56 Å². The summed E-state index contributed by atoms with van der Waals surface area (Å²) in [6.45, 7) is 5.96. The fraction of sp³-hybridized carbons (Fsp3) is 0.188.